The van der Waals surface area contributed by atoms with Crippen molar-refractivity contribution in [2.75, 3.05) is 13.2 Å². The molecule has 0 aromatic carbocycles. The van der Waals surface area contributed by atoms with Crippen molar-refractivity contribution in [1.82, 2.24) is 5.32 Å². The van der Waals surface area contributed by atoms with Crippen molar-refractivity contribution in [1.29, 1.82) is 0 Å². The minimum atomic E-state index is -1.13. The molecular formula is C44H89NO5. The Morgan fingerprint density at radius 1 is 0.440 bits per heavy atom. The normalized spacial score (nSPS) is 13.5. The van der Waals surface area contributed by atoms with Gasteiger partial charge in [0.05, 0.1) is 18.8 Å². The number of aliphatic hydroxyl groups is 4. The van der Waals surface area contributed by atoms with Crippen LogP contribution < -0.4 is 5.32 Å². The molecule has 0 spiro atoms. The number of rotatable bonds is 42. The van der Waals surface area contributed by atoms with E-state index < -0.39 is 18.2 Å². The molecular weight excluding hydrogens is 622 g/mol. The largest absolute Gasteiger partial charge is 0.396 e. The summed E-state index contributed by atoms with van der Waals surface area (Å²) in [5.74, 6) is -0.145. The van der Waals surface area contributed by atoms with E-state index in [4.69, 9.17) is 5.11 Å². The summed E-state index contributed by atoms with van der Waals surface area (Å²) in [6.07, 6.45) is 43.7. The molecule has 0 aliphatic heterocycles. The van der Waals surface area contributed by atoms with Crippen LogP contribution in [0, 0.1) is 0 Å². The summed E-state index contributed by atoms with van der Waals surface area (Å²) in [5.41, 5.74) is 0. The Hall–Kier alpha value is -0.690. The van der Waals surface area contributed by atoms with Gasteiger partial charge in [-0.05, 0) is 19.3 Å². The minimum Gasteiger partial charge on any atom is -0.396 e. The monoisotopic (exact) mass is 712 g/mol. The number of carbonyl (C=O) groups excluding carboxylic acids is 1. The fourth-order valence-electron chi connectivity index (χ4n) is 7.26. The number of unbranched alkanes of at least 4 members (excludes halogenated alkanes) is 33. The number of amides is 1. The highest BCUT2D eigenvalue weighted by Gasteiger charge is 2.26. The molecule has 0 saturated heterocycles. The van der Waals surface area contributed by atoms with Gasteiger partial charge >= 0.3 is 0 Å². The summed E-state index contributed by atoms with van der Waals surface area (Å²) in [6.45, 7) is 2.24. The molecule has 0 heterocycles. The Bertz CT molecular complexity index is 662. The maximum absolute atomic E-state index is 12.4. The van der Waals surface area contributed by atoms with E-state index in [1.807, 2.05) is 0 Å². The summed E-state index contributed by atoms with van der Waals surface area (Å²) in [6, 6.07) is -0.806. The van der Waals surface area contributed by atoms with E-state index in [0.717, 1.165) is 44.9 Å². The molecule has 0 fully saturated rings. The number of hydrogen-bond donors (Lipinski definition) is 5. The minimum absolute atomic E-state index is 0.145. The van der Waals surface area contributed by atoms with Crippen LogP contribution in [0.25, 0.3) is 0 Å². The lowest BCUT2D eigenvalue weighted by Crippen LogP contribution is -2.50. The molecule has 0 radical (unpaired) electrons. The first-order valence-electron chi connectivity index (χ1n) is 22.4. The molecule has 0 aliphatic carbocycles. The van der Waals surface area contributed by atoms with Crippen LogP contribution in [0.3, 0.4) is 0 Å². The lowest BCUT2D eigenvalue weighted by molar-refractivity contribution is -0.124. The van der Waals surface area contributed by atoms with E-state index in [1.165, 1.54) is 180 Å². The Kier molecular flexibility index (Phi) is 40.5. The number of carbonyl (C=O) groups is 1. The highest BCUT2D eigenvalue weighted by Crippen LogP contribution is 2.17. The van der Waals surface area contributed by atoms with Crippen LogP contribution in [-0.2, 0) is 4.79 Å². The summed E-state index contributed by atoms with van der Waals surface area (Å²) < 4.78 is 0. The lowest BCUT2D eigenvalue weighted by atomic mass is 9.99. The van der Waals surface area contributed by atoms with Gasteiger partial charge in [-0.15, -0.1) is 0 Å². The quantitative estimate of drug-likeness (QED) is 0.0405. The third kappa shape index (κ3) is 35.7. The Labute approximate surface area is 311 Å². The molecule has 0 saturated carbocycles. The van der Waals surface area contributed by atoms with Gasteiger partial charge in [0.2, 0.25) is 5.91 Å². The first-order chi connectivity index (χ1) is 24.6. The molecule has 50 heavy (non-hydrogen) atoms. The third-order valence-corrected chi connectivity index (χ3v) is 10.8. The molecule has 1 amide bonds. The molecule has 3 atom stereocenters. The second-order valence-corrected chi connectivity index (χ2v) is 15.7. The Morgan fingerprint density at radius 2 is 0.740 bits per heavy atom. The third-order valence-electron chi connectivity index (χ3n) is 10.8. The lowest BCUT2D eigenvalue weighted by Gasteiger charge is -2.26. The van der Waals surface area contributed by atoms with Gasteiger partial charge in [0.15, 0.2) is 0 Å². The molecule has 6 heteroatoms. The molecule has 0 aromatic heterocycles. The van der Waals surface area contributed by atoms with Gasteiger partial charge in [0.25, 0.3) is 0 Å². The van der Waals surface area contributed by atoms with Crippen LogP contribution in [0.2, 0.25) is 0 Å². The Balaban J connectivity index is 3.52. The summed E-state index contributed by atoms with van der Waals surface area (Å²) in [7, 11) is 0. The van der Waals surface area contributed by atoms with Crippen molar-refractivity contribution in [2.45, 2.75) is 263 Å². The van der Waals surface area contributed by atoms with Crippen LogP contribution in [0.5, 0.6) is 0 Å². The molecule has 0 rings (SSSR count). The van der Waals surface area contributed by atoms with Gasteiger partial charge in [-0.3, -0.25) is 4.79 Å². The molecule has 0 unspecified atom stereocenters. The number of aliphatic hydroxyl groups excluding tert-OH is 4. The van der Waals surface area contributed by atoms with Gasteiger partial charge in [-0.1, -0.05) is 219 Å². The van der Waals surface area contributed by atoms with Gasteiger partial charge in [-0.2, -0.15) is 0 Å². The standard InChI is InChI=1S/C44H89NO5/c1-2-3-4-5-6-7-8-22-25-28-31-34-37-42(48)44(50)41(40-47)45-43(49)38-35-32-29-26-23-20-18-16-14-12-10-9-11-13-15-17-19-21-24-27-30-33-36-39-46/h41-42,44,46-48,50H,2-40H2,1H3,(H,45,49)/t41-,42+,44-/m0/s1. The van der Waals surface area contributed by atoms with Crippen molar-refractivity contribution in [3.63, 3.8) is 0 Å². The average Bonchev–Trinajstić information content (AvgIpc) is 3.12. The molecule has 0 aromatic rings. The van der Waals surface area contributed by atoms with Gasteiger partial charge in [0.1, 0.15) is 6.10 Å². The fraction of sp³-hybridized carbons (Fsp3) is 0.977. The van der Waals surface area contributed by atoms with Crippen LogP contribution in [0.15, 0.2) is 0 Å². The number of hydrogen-bond acceptors (Lipinski definition) is 5. The average molecular weight is 712 g/mol. The highest BCUT2D eigenvalue weighted by atomic mass is 16.3. The van der Waals surface area contributed by atoms with Crippen molar-refractivity contribution < 1.29 is 25.2 Å². The predicted molar refractivity (Wildman–Crippen MR) is 215 cm³/mol. The van der Waals surface area contributed by atoms with E-state index in [9.17, 15) is 20.1 Å². The van der Waals surface area contributed by atoms with E-state index in [-0.39, 0.29) is 12.5 Å². The van der Waals surface area contributed by atoms with Crippen LogP contribution in [0.4, 0.5) is 0 Å². The maximum atomic E-state index is 12.4. The van der Waals surface area contributed by atoms with Crippen molar-refractivity contribution >= 4 is 5.91 Å². The van der Waals surface area contributed by atoms with Gasteiger partial charge < -0.3 is 25.7 Å². The fourth-order valence-corrected chi connectivity index (χ4v) is 7.26. The van der Waals surface area contributed by atoms with Crippen LogP contribution in [-0.4, -0.2) is 57.8 Å². The highest BCUT2D eigenvalue weighted by molar-refractivity contribution is 5.76. The molecule has 0 bridgehead atoms. The van der Waals surface area contributed by atoms with E-state index in [1.54, 1.807) is 0 Å². The second kappa shape index (κ2) is 41.1. The predicted octanol–water partition coefficient (Wildman–Crippen LogP) is 11.6. The number of nitrogens with one attached hydrogen (secondary N) is 1. The van der Waals surface area contributed by atoms with Gasteiger partial charge in [-0.25, -0.2) is 0 Å². The first-order valence-corrected chi connectivity index (χ1v) is 22.4. The van der Waals surface area contributed by atoms with Crippen molar-refractivity contribution in [3.8, 4) is 0 Å². The van der Waals surface area contributed by atoms with Gasteiger partial charge in [0, 0.05) is 13.0 Å². The first kappa shape index (κ1) is 49.3. The zero-order valence-corrected chi connectivity index (χ0v) is 33.5. The van der Waals surface area contributed by atoms with E-state index in [0.29, 0.717) is 19.4 Å². The van der Waals surface area contributed by atoms with Crippen LogP contribution in [0.1, 0.15) is 244 Å². The zero-order valence-electron chi connectivity index (χ0n) is 33.5. The molecule has 0 aliphatic rings. The maximum Gasteiger partial charge on any atom is 0.220 e. The summed E-state index contributed by atoms with van der Waals surface area (Å²) >= 11 is 0. The van der Waals surface area contributed by atoms with Crippen molar-refractivity contribution in [2.24, 2.45) is 0 Å². The van der Waals surface area contributed by atoms with E-state index in [2.05, 4.69) is 12.2 Å². The second-order valence-electron chi connectivity index (χ2n) is 15.7. The van der Waals surface area contributed by atoms with Crippen LogP contribution >= 0.6 is 0 Å². The molecule has 5 N–H and O–H groups in total. The molecule has 6 nitrogen and oxygen atoms in total. The summed E-state index contributed by atoms with van der Waals surface area (Å²) in [4.78, 5) is 12.4. The molecule has 300 valence electrons. The van der Waals surface area contributed by atoms with E-state index >= 15 is 0 Å². The Morgan fingerprint density at radius 3 is 1.06 bits per heavy atom. The summed E-state index contributed by atoms with van der Waals surface area (Å²) in [5, 5.41) is 42.3. The van der Waals surface area contributed by atoms with Crippen molar-refractivity contribution in [3.05, 3.63) is 0 Å². The topological polar surface area (TPSA) is 110 Å². The zero-order chi connectivity index (χ0) is 36.6. The smallest absolute Gasteiger partial charge is 0.220 e. The SMILES string of the molecule is CCCCCCCCCCCCCC[C@@H](O)[C@@H](O)[C@H](CO)NC(=O)CCCCCCCCCCCCCCCCCCCCCCCCCO.